The van der Waals surface area contributed by atoms with Crippen LogP contribution in [0.1, 0.15) is 35.1 Å². The van der Waals surface area contributed by atoms with E-state index in [1.54, 1.807) is 119 Å². The molecule has 4 N–H and O–H groups in total. The number of hydrogen-bond donors (Lipinski definition) is 4. The summed E-state index contributed by atoms with van der Waals surface area (Å²) in [4.78, 5) is 0. The maximum atomic E-state index is 8.63. The predicted octanol–water partition coefficient (Wildman–Crippen LogP) is 9.43. The third-order valence-electron chi connectivity index (χ3n) is 7.73. The van der Waals surface area contributed by atoms with E-state index < -0.39 is 0 Å². The summed E-state index contributed by atoms with van der Waals surface area (Å²) < 4.78 is 0. The topological polar surface area (TPSA) is 80.9 Å². The van der Waals surface area contributed by atoms with Crippen molar-refractivity contribution in [3.63, 3.8) is 0 Å². The number of phenols is 4. The molecule has 0 fully saturated rings. The lowest BCUT2D eigenvalue weighted by molar-refractivity contribution is 0.475. The van der Waals surface area contributed by atoms with Crippen molar-refractivity contribution >= 4 is 0 Å². The van der Waals surface area contributed by atoms with Crippen molar-refractivity contribution in [1.29, 1.82) is 0 Å². The van der Waals surface area contributed by atoms with Crippen molar-refractivity contribution in [2.24, 2.45) is 0 Å². The van der Waals surface area contributed by atoms with Gasteiger partial charge in [-0.25, -0.2) is 0 Å². The smallest absolute Gasteiger partial charge is 0.115 e. The van der Waals surface area contributed by atoms with Gasteiger partial charge in [-0.05, 0) is 96.5 Å². The molecule has 0 heterocycles. The first-order valence-electron chi connectivity index (χ1n) is 15.1. The number of benzene rings is 6. The first kappa shape index (κ1) is 32.4. The molecule has 0 saturated carbocycles. The molecule has 45 heavy (non-hydrogen) atoms. The summed E-state index contributed by atoms with van der Waals surface area (Å²) in [5, 5.41) is 34.5. The van der Waals surface area contributed by atoms with Crippen LogP contribution in [0.4, 0.5) is 0 Å². The average Bonchev–Trinajstić information content (AvgIpc) is 3.65. The minimum Gasteiger partial charge on any atom is -0.508 e. The van der Waals surface area contributed by atoms with E-state index in [-0.39, 0.29) is 0 Å². The fourth-order valence-corrected chi connectivity index (χ4v) is 5.63. The largest absolute Gasteiger partial charge is 0.508 e. The summed E-state index contributed by atoms with van der Waals surface area (Å²) in [5.74, 6) is 1.29. The molecule has 6 aromatic rings. The number of aryl methyl sites for hydroxylation is 2. The Labute approximate surface area is 266 Å². The Bertz CT molecular complexity index is 1470. The Kier molecular flexibility index (Phi) is 12.2. The second-order valence-corrected chi connectivity index (χ2v) is 10.7. The van der Waals surface area contributed by atoms with Gasteiger partial charge in [-0.1, -0.05) is 121 Å². The highest BCUT2D eigenvalue weighted by Crippen LogP contribution is 2.51. The Morgan fingerprint density at radius 1 is 0.311 bits per heavy atom. The molecule has 8 rings (SSSR count). The fourth-order valence-electron chi connectivity index (χ4n) is 5.63. The minimum absolute atomic E-state index is 0.322. The number of phenolic OH excluding ortho intramolecular Hbond substituents is 4. The zero-order valence-electron chi connectivity index (χ0n) is 25.3. The summed E-state index contributed by atoms with van der Waals surface area (Å²) in [7, 11) is 0. The molecule has 0 aliphatic heterocycles. The SMILES string of the molecule is Oc1ccccc1.Oc1ccccc1.Oc1ccccc1.Oc1ccccc1.c1ccc2c(c1)CCC21CCc2ccccc21. The van der Waals surface area contributed by atoms with Crippen LogP contribution in [0, 0.1) is 0 Å². The first-order valence-corrected chi connectivity index (χ1v) is 15.1. The third-order valence-corrected chi connectivity index (χ3v) is 7.73. The van der Waals surface area contributed by atoms with E-state index in [9.17, 15) is 0 Å². The summed E-state index contributed by atoms with van der Waals surface area (Å²) >= 11 is 0. The van der Waals surface area contributed by atoms with E-state index in [1.165, 1.54) is 25.7 Å². The van der Waals surface area contributed by atoms with Gasteiger partial charge in [0, 0.05) is 5.41 Å². The van der Waals surface area contributed by atoms with Gasteiger partial charge in [0.25, 0.3) is 0 Å². The molecule has 2 aliphatic carbocycles. The second-order valence-electron chi connectivity index (χ2n) is 10.7. The van der Waals surface area contributed by atoms with Crippen LogP contribution < -0.4 is 0 Å². The zero-order valence-corrected chi connectivity index (χ0v) is 25.3. The molecule has 2 aliphatic rings. The summed E-state index contributed by atoms with van der Waals surface area (Å²) in [6.07, 6.45) is 5.13. The Balaban J connectivity index is 0.000000139. The van der Waals surface area contributed by atoms with Crippen LogP contribution >= 0.6 is 0 Å². The molecule has 0 unspecified atom stereocenters. The third kappa shape index (κ3) is 9.77. The van der Waals surface area contributed by atoms with Crippen LogP contribution in [0.2, 0.25) is 0 Å². The molecule has 4 heteroatoms. The minimum atomic E-state index is 0.322. The highest BCUT2D eigenvalue weighted by molar-refractivity contribution is 5.53. The van der Waals surface area contributed by atoms with Crippen LogP contribution in [-0.2, 0) is 18.3 Å². The maximum absolute atomic E-state index is 8.63. The maximum Gasteiger partial charge on any atom is 0.115 e. The zero-order chi connectivity index (χ0) is 31.7. The quantitative estimate of drug-likeness (QED) is 0.141. The van der Waals surface area contributed by atoms with Crippen LogP contribution in [0.3, 0.4) is 0 Å². The van der Waals surface area contributed by atoms with Crippen LogP contribution in [-0.4, -0.2) is 20.4 Å². The number of rotatable bonds is 0. The van der Waals surface area contributed by atoms with Gasteiger partial charge in [0.1, 0.15) is 23.0 Å². The Morgan fingerprint density at radius 3 is 0.800 bits per heavy atom. The van der Waals surface area contributed by atoms with E-state index in [0.29, 0.717) is 28.4 Å². The molecule has 0 radical (unpaired) electrons. The van der Waals surface area contributed by atoms with Gasteiger partial charge < -0.3 is 20.4 Å². The molecular weight excluding hydrogens is 556 g/mol. The van der Waals surface area contributed by atoms with Gasteiger partial charge in [0.15, 0.2) is 0 Å². The van der Waals surface area contributed by atoms with Crippen molar-refractivity contribution in [1.82, 2.24) is 0 Å². The molecule has 0 atom stereocenters. The first-order chi connectivity index (χ1) is 22.0. The Hall–Kier alpha value is -5.48. The summed E-state index contributed by atoms with van der Waals surface area (Å²) in [6, 6.07) is 52.9. The van der Waals surface area contributed by atoms with Crippen molar-refractivity contribution in [3.8, 4) is 23.0 Å². The summed E-state index contributed by atoms with van der Waals surface area (Å²) in [6.45, 7) is 0. The standard InChI is InChI=1S/C17H16.4C6H6O/c1-3-7-15-13(5-1)9-11-17(15)12-10-14-6-2-4-8-16(14)17;4*7-6-4-2-1-3-5-6/h1-8H,9-12H2;4*1-5,7H. The average molecular weight is 597 g/mol. The molecule has 228 valence electrons. The van der Waals surface area contributed by atoms with E-state index in [0.717, 1.165) is 0 Å². The molecular formula is C41H40O4. The number of para-hydroxylation sites is 4. The van der Waals surface area contributed by atoms with E-state index >= 15 is 0 Å². The summed E-state index contributed by atoms with van der Waals surface area (Å²) in [5.41, 5.74) is 6.70. The van der Waals surface area contributed by atoms with Gasteiger partial charge in [-0.2, -0.15) is 0 Å². The monoisotopic (exact) mass is 596 g/mol. The van der Waals surface area contributed by atoms with Crippen molar-refractivity contribution in [2.75, 3.05) is 0 Å². The lowest BCUT2D eigenvalue weighted by Gasteiger charge is -2.26. The molecule has 0 saturated heterocycles. The van der Waals surface area contributed by atoms with Crippen LogP contribution in [0.15, 0.2) is 170 Å². The van der Waals surface area contributed by atoms with Gasteiger partial charge in [0.05, 0.1) is 0 Å². The normalized spacial score (nSPS) is 12.6. The Morgan fingerprint density at radius 2 is 0.556 bits per heavy atom. The number of aromatic hydroxyl groups is 4. The van der Waals surface area contributed by atoms with Crippen molar-refractivity contribution < 1.29 is 20.4 Å². The van der Waals surface area contributed by atoms with Gasteiger partial charge in [0.2, 0.25) is 0 Å². The van der Waals surface area contributed by atoms with Crippen molar-refractivity contribution in [2.45, 2.75) is 31.1 Å². The lowest BCUT2D eigenvalue weighted by atomic mass is 9.77. The molecule has 6 aromatic carbocycles. The van der Waals surface area contributed by atoms with Gasteiger partial charge in [-0.3, -0.25) is 0 Å². The molecule has 0 amide bonds. The van der Waals surface area contributed by atoms with Crippen LogP contribution in [0.25, 0.3) is 0 Å². The highest BCUT2D eigenvalue weighted by atomic mass is 16.3. The molecule has 0 bridgehead atoms. The highest BCUT2D eigenvalue weighted by Gasteiger charge is 2.44. The van der Waals surface area contributed by atoms with Gasteiger partial charge in [-0.15, -0.1) is 0 Å². The van der Waals surface area contributed by atoms with E-state index in [4.69, 9.17) is 20.4 Å². The second kappa shape index (κ2) is 17.0. The van der Waals surface area contributed by atoms with Crippen molar-refractivity contribution in [3.05, 3.63) is 192 Å². The lowest BCUT2D eigenvalue weighted by Crippen LogP contribution is -2.20. The number of fused-ring (bicyclic) bond motifs is 4. The van der Waals surface area contributed by atoms with E-state index in [1.807, 2.05) is 24.3 Å². The van der Waals surface area contributed by atoms with Crippen LogP contribution in [0.5, 0.6) is 23.0 Å². The fraction of sp³-hybridized carbons (Fsp3) is 0.122. The van der Waals surface area contributed by atoms with Gasteiger partial charge >= 0.3 is 0 Å². The molecule has 0 aromatic heterocycles. The predicted molar refractivity (Wildman–Crippen MR) is 183 cm³/mol. The molecule has 4 nitrogen and oxygen atoms in total. The molecule has 1 spiro atoms. The van der Waals surface area contributed by atoms with E-state index in [2.05, 4.69) is 48.5 Å². The number of hydrogen-bond acceptors (Lipinski definition) is 4.